The van der Waals surface area contributed by atoms with Crippen molar-refractivity contribution in [3.8, 4) is 23.2 Å². The number of imidazole rings is 2. The van der Waals surface area contributed by atoms with Gasteiger partial charge < -0.3 is 24.2 Å². The van der Waals surface area contributed by atoms with E-state index in [1.54, 1.807) is 0 Å². The van der Waals surface area contributed by atoms with Crippen LogP contribution < -0.4 is 0 Å². The molecule has 0 unspecified atom stereocenters. The van der Waals surface area contributed by atoms with Crippen molar-refractivity contribution in [3.05, 3.63) is 59.7 Å². The molecule has 5 heterocycles. The molecule has 2 aromatic carbocycles. The first-order valence-corrected chi connectivity index (χ1v) is 12.9. The van der Waals surface area contributed by atoms with Crippen molar-refractivity contribution in [2.75, 3.05) is 26.2 Å². The summed E-state index contributed by atoms with van der Waals surface area (Å²) in [6.45, 7) is 3.80. The fraction of sp³-hybridized carbons (Fsp3) is 0.286. The molecule has 41 heavy (non-hydrogen) atoms. The molecule has 5 aromatic rings. The van der Waals surface area contributed by atoms with Gasteiger partial charge in [0.2, 0.25) is 0 Å². The van der Waals surface area contributed by atoms with Gasteiger partial charge in [0.15, 0.2) is 23.2 Å². The van der Waals surface area contributed by atoms with Crippen LogP contribution in [0.5, 0.6) is 0 Å². The van der Waals surface area contributed by atoms with E-state index in [1.807, 2.05) is 48.5 Å². The van der Waals surface area contributed by atoms with Crippen LogP contribution in [0.3, 0.4) is 0 Å². The van der Waals surface area contributed by atoms with E-state index in [4.69, 9.17) is 25.2 Å². The van der Waals surface area contributed by atoms with Gasteiger partial charge in [-0.1, -0.05) is 0 Å². The topological polar surface area (TPSA) is 125 Å². The molecule has 0 spiro atoms. The highest BCUT2D eigenvalue weighted by Crippen LogP contribution is 2.29. The van der Waals surface area contributed by atoms with Crippen LogP contribution in [0.1, 0.15) is 36.8 Å². The second-order valence-electron chi connectivity index (χ2n) is 9.88. The van der Waals surface area contributed by atoms with Crippen LogP contribution in [0.25, 0.3) is 45.2 Å². The molecular weight excluding hydrogens is 972 g/mol. The number of aromatic nitrogens is 4. The highest BCUT2D eigenvalue weighted by atomic mass is 127. The number of H-pyrrole nitrogens is 2. The average Bonchev–Trinajstić information content (AvgIpc) is 3.75. The molecule has 0 saturated carbocycles. The first-order chi connectivity index (χ1) is 18.1. The van der Waals surface area contributed by atoms with Crippen LogP contribution in [0.15, 0.2) is 52.9 Å². The number of hydrogen-bond acceptors (Lipinski definition) is 5. The Kier molecular flexibility index (Phi) is 11.9. The molecule has 0 amide bonds. The smallest absolute Gasteiger partial charge is 0.174 e. The lowest BCUT2D eigenvalue weighted by Gasteiger charge is -2.18. The zero-order valence-electron chi connectivity index (χ0n) is 22.1. The summed E-state index contributed by atoms with van der Waals surface area (Å²) in [5, 5.41) is 17.1. The number of nitrogens with one attached hydrogen (secondary N) is 4. The minimum absolute atomic E-state index is 0. The van der Waals surface area contributed by atoms with Crippen molar-refractivity contribution in [3.63, 3.8) is 0 Å². The summed E-state index contributed by atoms with van der Waals surface area (Å²) in [4.78, 5) is 20.4. The van der Waals surface area contributed by atoms with Gasteiger partial charge in [-0.3, -0.25) is 10.8 Å². The van der Waals surface area contributed by atoms with Gasteiger partial charge in [-0.05, 0) is 74.2 Å². The Morgan fingerprint density at radius 1 is 0.610 bits per heavy atom. The number of halogens is 4. The summed E-state index contributed by atoms with van der Waals surface area (Å²) in [6, 6.07) is 15.6. The minimum atomic E-state index is 0. The number of amidine groups is 2. The maximum atomic E-state index is 8.55. The summed E-state index contributed by atoms with van der Waals surface area (Å²) in [6.07, 6.45) is 4.59. The fourth-order valence-electron chi connectivity index (χ4n) is 5.39. The van der Waals surface area contributed by atoms with Crippen LogP contribution in [-0.4, -0.2) is 67.6 Å². The van der Waals surface area contributed by atoms with Crippen LogP contribution >= 0.6 is 95.9 Å². The maximum absolute atomic E-state index is 8.55. The van der Waals surface area contributed by atoms with Crippen molar-refractivity contribution in [2.24, 2.45) is 0 Å². The Labute approximate surface area is 306 Å². The Morgan fingerprint density at radius 3 is 1.39 bits per heavy atom. The third-order valence-corrected chi connectivity index (χ3v) is 7.43. The van der Waals surface area contributed by atoms with E-state index in [1.165, 1.54) is 0 Å². The Hall–Kier alpha value is -1.48. The van der Waals surface area contributed by atoms with Gasteiger partial charge in [0.25, 0.3) is 0 Å². The van der Waals surface area contributed by atoms with E-state index in [0.29, 0.717) is 34.8 Å². The fourth-order valence-corrected chi connectivity index (χ4v) is 5.39. The summed E-state index contributed by atoms with van der Waals surface area (Å²) >= 11 is 0. The molecule has 0 bridgehead atoms. The molecule has 7 rings (SSSR count). The Bertz CT molecular complexity index is 1540. The number of rotatable bonds is 4. The summed E-state index contributed by atoms with van der Waals surface area (Å²) < 4.78 is 6.14. The van der Waals surface area contributed by atoms with Gasteiger partial charge in [-0.15, -0.1) is 95.9 Å². The third-order valence-electron chi connectivity index (χ3n) is 7.43. The highest BCUT2D eigenvalue weighted by molar-refractivity contribution is 14.0. The molecule has 0 radical (unpaired) electrons. The first-order valence-electron chi connectivity index (χ1n) is 12.9. The van der Waals surface area contributed by atoms with Crippen molar-refractivity contribution < 1.29 is 4.42 Å². The zero-order chi connectivity index (χ0) is 24.9. The van der Waals surface area contributed by atoms with E-state index in [-0.39, 0.29) is 95.9 Å². The van der Waals surface area contributed by atoms with E-state index >= 15 is 0 Å². The molecule has 2 saturated heterocycles. The predicted molar refractivity (Wildman–Crippen MR) is 206 cm³/mol. The molecule has 218 valence electrons. The lowest BCUT2D eigenvalue weighted by molar-refractivity contribution is 0.517. The summed E-state index contributed by atoms with van der Waals surface area (Å²) in [7, 11) is 0. The maximum Gasteiger partial charge on any atom is 0.174 e. The Morgan fingerprint density at radius 2 is 1.00 bits per heavy atom. The van der Waals surface area contributed by atoms with Gasteiger partial charge in [-0.2, -0.15) is 0 Å². The van der Waals surface area contributed by atoms with Crippen molar-refractivity contribution in [1.29, 1.82) is 10.8 Å². The second-order valence-corrected chi connectivity index (χ2v) is 9.88. The SMILES string of the molecule is I.I.I.I.N=C(c1ccc2nc(-c3ccc(-c4nc5ccc(C(=N)N6CCCC6)cc5[nH]4)o3)[nH]c2c1)N1CCCC1. The van der Waals surface area contributed by atoms with E-state index < -0.39 is 0 Å². The largest absolute Gasteiger partial charge is 0.450 e. The van der Waals surface area contributed by atoms with Crippen LogP contribution in [0, 0.1) is 10.8 Å². The number of benzene rings is 2. The van der Waals surface area contributed by atoms with Gasteiger partial charge in [0.05, 0.1) is 22.1 Å². The minimum Gasteiger partial charge on any atom is -0.450 e. The monoisotopic (exact) mass is 1000 g/mol. The number of aromatic amines is 2. The van der Waals surface area contributed by atoms with E-state index in [9.17, 15) is 0 Å². The van der Waals surface area contributed by atoms with Gasteiger partial charge >= 0.3 is 0 Å². The lowest BCUT2D eigenvalue weighted by Crippen LogP contribution is -2.27. The molecule has 0 aliphatic carbocycles. The summed E-state index contributed by atoms with van der Waals surface area (Å²) in [5.74, 6) is 3.67. The van der Waals surface area contributed by atoms with Gasteiger partial charge in [0, 0.05) is 37.3 Å². The van der Waals surface area contributed by atoms with Crippen LogP contribution in [0.4, 0.5) is 0 Å². The Balaban J connectivity index is 0.00000116. The molecule has 2 fully saturated rings. The van der Waals surface area contributed by atoms with Gasteiger partial charge in [-0.25, -0.2) is 9.97 Å². The zero-order valence-corrected chi connectivity index (χ0v) is 31.4. The number of fused-ring (bicyclic) bond motifs is 2. The first kappa shape index (κ1) is 34.0. The molecule has 2 aliphatic heterocycles. The quantitative estimate of drug-likeness (QED) is 0.0837. The van der Waals surface area contributed by atoms with E-state index in [0.717, 1.165) is 85.1 Å². The van der Waals surface area contributed by atoms with E-state index in [2.05, 4.69) is 19.8 Å². The average molecular weight is 1000 g/mol. The highest BCUT2D eigenvalue weighted by Gasteiger charge is 2.20. The normalized spacial score (nSPS) is 14.3. The molecule has 0 atom stereocenters. The molecule has 3 aromatic heterocycles. The van der Waals surface area contributed by atoms with Gasteiger partial charge in [0.1, 0.15) is 11.7 Å². The number of furan rings is 1. The second kappa shape index (κ2) is 14.3. The van der Waals surface area contributed by atoms with Crippen molar-refractivity contribution in [1.82, 2.24) is 29.7 Å². The number of hydrogen-bond donors (Lipinski definition) is 4. The molecular formula is C28H32I4N8O. The molecule has 9 nitrogen and oxygen atoms in total. The molecule has 2 aliphatic rings. The van der Waals surface area contributed by atoms with Crippen LogP contribution in [0.2, 0.25) is 0 Å². The lowest BCUT2D eigenvalue weighted by atomic mass is 10.1. The molecule has 4 N–H and O–H groups in total. The van der Waals surface area contributed by atoms with Crippen molar-refractivity contribution >= 4 is 130 Å². The van der Waals surface area contributed by atoms with Crippen LogP contribution in [-0.2, 0) is 0 Å². The predicted octanol–water partition coefficient (Wildman–Crippen LogP) is 7.68. The standard InChI is InChI=1S/C28H28N8O.4HI/c29-25(35-11-1-2-12-35)17-5-7-19-21(15-17)33-27(31-19)23-9-10-24(37-23)28-32-20-8-6-18(16-22(20)34-28)26(30)36-13-3-4-14-36;;;;/h5-10,15-16,29-30H,1-4,11-14H2,(H,31,33)(H,32,34);4*1H. The van der Waals surface area contributed by atoms with Crippen molar-refractivity contribution in [2.45, 2.75) is 25.7 Å². The third kappa shape index (κ3) is 6.71. The number of likely N-dealkylation sites (tertiary alicyclic amines) is 2. The summed E-state index contributed by atoms with van der Waals surface area (Å²) in [5.41, 5.74) is 5.22. The molecule has 13 heteroatoms. The number of nitrogens with zero attached hydrogens (tertiary/aromatic N) is 4.